The zero-order valence-electron chi connectivity index (χ0n) is 14.5. The van der Waals surface area contributed by atoms with Crippen LogP contribution in [0.15, 0.2) is 0 Å². The van der Waals surface area contributed by atoms with E-state index in [1.54, 1.807) is 0 Å². The summed E-state index contributed by atoms with van der Waals surface area (Å²) in [5.41, 5.74) is 0.0276. The van der Waals surface area contributed by atoms with Crippen LogP contribution in [0.4, 0.5) is 4.79 Å². The van der Waals surface area contributed by atoms with Crippen LogP contribution in [0.5, 0.6) is 0 Å². The first-order chi connectivity index (χ1) is 11.4. The van der Waals surface area contributed by atoms with E-state index in [-0.39, 0.29) is 17.9 Å². The average molecular weight is 337 g/mol. The molecule has 8 heteroatoms. The molecule has 3 aliphatic heterocycles. The van der Waals surface area contributed by atoms with Gasteiger partial charge in [0.2, 0.25) is 5.91 Å². The molecule has 0 saturated carbocycles. The number of hydrogen-bond donors (Lipinski definition) is 2. The van der Waals surface area contributed by atoms with Gasteiger partial charge in [-0.2, -0.15) is 0 Å². The number of amides is 4. The van der Waals surface area contributed by atoms with Crippen molar-refractivity contribution in [2.75, 3.05) is 46.8 Å². The van der Waals surface area contributed by atoms with Gasteiger partial charge in [-0.15, -0.1) is 0 Å². The number of carbonyl (C=O) groups is 3. The molecule has 0 radical (unpaired) electrons. The van der Waals surface area contributed by atoms with Crippen LogP contribution in [0.3, 0.4) is 0 Å². The second kappa shape index (κ2) is 6.68. The minimum atomic E-state index is -0.737. The molecule has 8 nitrogen and oxygen atoms in total. The van der Waals surface area contributed by atoms with Gasteiger partial charge in [0.05, 0.1) is 6.42 Å². The second-order valence-electron chi connectivity index (χ2n) is 7.34. The molecule has 3 fully saturated rings. The van der Waals surface area contributed by atoms with E-state index in [4.69, 9.17) is 0 Å². The molecule has 2 N–H and O–H groups in total. The number of hydrogen-bond acceptors (Lipinski definition) is 5. The molecular weight excluding hydrogens is 310 g/mol. The van der Waals surface area contributed by atoms with Crippen molar-refractivity contribution < 1.29 is 14.4 Å². The van der Waals surface area contributed by atoms with Crippen molar-refractivity contribution in [3.8, 4) is 0 Å². The maximum Gasteiger partial charge on any atom is 0.322 e. The van der Waals surface area contributed by atoms with Gasteiger partial charge in [0.1, 0.15) is 6.04 Å². The van der Waals surface area contributed by atoms with Crippen molar-refractivity contribution in [2.24, 2.45) is 0 Å². The van der Waals surface area contributed by atoms with E-state index >= 15 is 0 Å². The summed E-state index contributed by atoms with van der Waals surface area (Å²) in [6.45, 7) is 4.47. The first kappa shape index (κ1) is 17.2. The highest BCUT2D eigenvalue weighted by molar-refractivity contribution is 6.05. The topological polar surface area (TPSA) is 85.0 Å². The van der Waals surface area contributed by atoms with E-state index in [9.17, 15) is 14.4 Å². The largest absolute Gasteiger partial charge is 0.341 e. The smallest absolute Gasteiger partial charge is 0.322 e. The van der Waals surface area contributed by atoms with Gasteiger partial charge >= 0.3 is 6.03 Å². The normalized spacial score (nSPS) is 28.6. The number of likely N-dealkylation sites (tertiary alicyclic amines) is 1. The molecule has 3 heterocycles. The van der Waals surface area contributed by atoms with Gasteiger partial charge in [-0.25, -0.2) is 4.79 Å². The molecule has 3 saturated heterocycles. The van der Waals surface area contributed by atoms with Crippen molar-refractivity contribution in [2.45, 2.75) is 37.3 Å². The lowest BCUT2D eigenvalue weighted by atomic mass is 9.85. The lowest BCUT2D eigenvalue weighted by molar-refractivity contribution is -0.135. The van der Waals surface area contributed by atoms with Gasteiger partial charge in [-0.05, 0) is 46.4 Å². The van der Waals surface area contributed by atoms with Crippen LogP contribution in [0.2, 0.25) is 0 Å². The van der Waals surface area contributed by atoms with E-state index in [2.05, 4.69) is 34.5 Å². The fraction of sp³-hybridized carbons (Fsp3) is 0.812. The predicted molar refractivity (Wildman–Crippen MR) is 88.4 cm³/mol. The van der Waals surface area contributed by atoms with Crippen LogP contribution in [0.25, 0.3) is 0 Å². The molecule has 134 valence electrons. The summed E-state index contributed by atoms with van der Waals surface area (Å²) in [6, 6.07) is -1.25. The summed E-state index contributed by atoms with van der Waals surface area (Å²) < 4.78 is 0. The number of carbonyl (C=O) groups excluding carboxylic acids is 3. The maximum atomic E-state index is 12.7. The number of likely N-dealkylation sites (N-methyl/N-ethyl adjacent to an activating group) is 1. The Morgan fingerprint density at radius 1 is 1.17 bits per heavy atom. The Labute approximate surface area is 142 Å². The van der Waals surface area contributed by atoms with E-state index in [1.165, 1.54) is 0 Å². The third-order valence-corrected chi connectivity index (χ3v) is 5.72. The summed E-state index contributed by atoms with van der Waals surface area (Å²) >= 11 is 0. The first-order valence-electron chi connectivity index (χ1n) is 8.68. The van der Waals surface area contributed by atoms with Gasteiger partial charge < -0.3 is 15.1 Å². The Morgan fingerprint density at radius 2 is 1.88 bits per heavy atom. The van der Waals surface area contributed by atoms with E-state index < -0.39 is 18.0 Å². The number of urea groups is 1. The van der Waals surface area contributed by atoms with Crippen LogP contribution in [0.1, 0.15) is 25.7 Å². The summed E-state index contributed by atoms with van der Waals surface area (Å²) in [4.78, 5) is 42.2. The zero-order valence-corrected chi connectivity index (χ0v) is 14.5. The molecule has 0 unspecified atom stereocenters. The Kier molecular flexibility index (Phi) is 4.78. The molecule has 3 aliphatic rings. The lowest BCUT2D eigenvalue weighted by Crippen LogP contribution is -2.58. The van der Waals surface area contributed by atoms with Gasteiger partial charge in [0.25, 0.3) is 5.91 Å². The van der Waals surface area contributed by atoms with Gasteiger partial charge in [0, 0.05) is 25.2 Å². The highest BCUT2D eigenvalue weighted by Gasteiger charge is 2.42. The number of nitrogens with one attached hydrogen (secondary N) is 2. The number of imide groups is 1. The number of piperidine rings is 1. The molecule has 4 amide bonds. The monoisotopic (exact) mass is 337 g/mol. The molecule has 0 bridgehead atoms. The maximum absolute atomic E-state index is 12.7. The van der Waals surface area contributed by atoms with Crippen molar-refractivity contribution in [3.05, 3.63) is 0 Å². The fourth-order valence-corrected chi connectivity index (χ4v) is 3.98. The summed E-state index contributed by atoms with van der Waals surface area (Å²) in [5, 5.41) is 4.69. The molecule has 0 aromatic carbocycles. The van der Waals surface area contributed by atoms with Crippen LogP contribution < -0.4 is 10.6 Å². The SMILES string of the molecule is CN1CCC2(CC1)CN(C(=O)C[C@H]1NC(=O)NC1=O)CCCN2C. The summed E-state index contributed by atoms with van der Waals surface area (Å²) in [5.74, 6) is -0.458. The Hall–Kier alpha value is -1.67. The average Bonchev–Trinajstić information content (AvgIpc) is 2.76. The second-order valence-corrected chi connectivity index (χ2v) is 7.34. The van der Waals surface area contributed by atoms with Crippen molar-refractivity contribution in [3.63, 3.8) is 0 Å². The third kappa shape index (κ3) is 3.39. The number of nitrogens with zero attached hydrogens (tertiary/aromatic N) is 3. The van der Waals surface area contributed by atoms with E-state index in [1.807, 2.05) is 4.90 Å². The lowest BCUT2D eigenvalue weighted by Gasteiger charge is -2.47. The molecule has 1 atom stereocenters. The molecular formula is C16H27N5O3. The Balaban J connectivity index is 1.67. The quantitative estimate of drug-likeness (QED) is 0.645. The Morgan fingerprint density at radius 3 is 2.50 bits per heavy atom. The number of rotatable bonds is 2. The summed E-state index contributed by atoms with van der Waals surface area (Å²) in [6.07, 6.45) is 3.06. The zero-order chi connectivity index (χ0) is 17.3. The third-order valence-electron chi connectivity index (χ3n) is 5.72. The van der Waals surface area contributed by atoms with Crippen LogP contribution in [0, 0.1) is 0 Å². The molecule has 24 heavy (non-hydrogen) atoms. The minimum Gasteiger partial charge on any atom is -0.341 e. The van der Waals surface area contributed by atoms with E-state index in [0.29, 0.717) is 13.1 Å². The van der Waals surface area contributed by atoms with Crippen LogP contribution in [-0.2, 0) is 9.59 Å². The van der Waals surface area contributed by atoms with Gasteiger partial charge in [-0.3, -0.25) is 19.8 Å². The first-order valence-corrected chi connectivity index (χ1v) is 8.68. The fourth-order valence-electron chi connectivity index (χ4n) is 3.98. The van der Waals surface area contributed by atoms with Crippen LogP contribution in [-0.4, -0.2) is 90.9 Å². The molecule has 0 aromatic rings. The van der Waals surface area contributed by atoms with Crippen molar-refractivity contribution >= 4 is 17.8 Å². The highest BCUT2D eigenvalue weighted by Crippen LogP contribution is 2.31. The van der Waals surface area contributed by atoms with E-state index in [0.717, 1.165) is 38.9 Å². The van der Waals surface area contributed by atoms with Gasteiger partial charge in [-0.1, -0.05) is 0 Å². The van der Waals surface area contributed by atoms with Crippen LogP contribution >= 0.6 is 0 Å². The van der Waals surface area contributed by atoms with Gasteiger partial charge in [0.15, 0.2) is 0 Å². The minimum absolute atomic E-state index is 0.0276. The molecule has 0 aliphatic carbocycles. The van der Waals surface area contributed by atoms with Crippen molar-refractivity contribution in [1.29, 1.82) is 0 Å². The van der Waals surface area contributed by atoms with Crippen molar-refractivity contribution in [1.82, 2.24) is 25.3 Å². The molecule has 0 aromatic heterocycles. The highest BCUT2D eigenvalue weighted by atomic mass is 16.2. The predicted octanol–water partition coefficient (Wildman–Crippen LogP) is -0.787. The standard InChI is InChI=1S/C16H27N5O3/c1-19-8-4-16(5-9-19)11-21(7-3-6-20(16)2)13(22)10-12-14(23)18-15(24)17-12/h12H,3-11H2,1-2H3,(H2,17,18,23,24)/t12-/m1/s1. The molecule has 1 spiro atoms. The summed E-state index contributed by atoms with van der Waals surface area (Å²) in [7, 11) is 4.29. The molecule has 3 rings (SSSR count). The Bertz CT molecular complexity index is 530.